The molecule has 0 unspecified atom stereocenters. The van der Waals surface area contributed by atoms with E-state index in [0.717, 1.165) is 24.8 Å². The lowest BCUT2D eigenvalue weighted by Crippen LogP contribution is -2.13. The predicted molar refractivity (Wildman–Crippen MR) is 139 cm³/mol. The molecule has 0 aliphatic heterocycles. The summed E-state index contributed by atoms with van der Waals surface area (Å²) in [5.74, 6) is 0.0909. The van der Waals surface area contributed by atoms with Gasteiger partial charge in [0, 0.05) is 6.42 Å². The van der Waals surface area contributed by atoms with Gasteiger partial charge < -0.3 is 23.5 Å². The fourth-order valence-corrected chi connectivity index (χ4v) is 4.27. The van der Waals surface area contributed by atoms with Gasteiger partial charge in [-0.05, 0) is 61.2 Å². The third kappa shape index (κ3) is 10.2. The van der Waals surface area contributed by atoms with E-state index in [9.17, 15) is 18.3 Å². The average molecular weight is 521 g/mol. The second-order valence-corrected chi connectivity index (χ2v) is 9.79. The van der Waals surface area contributed by atoms with E-state index < -0.39 is 16.1 Å². The minimum atomic E-state index is -3.58. The molecule has 9 heteroatoms. The number of carbonyl (C=O) groups is 1. The summed E-state index contributed by atoms with van der Waals surface area (Å²) in [6, 6.07) is 12.1. The SMILES string of the molecule is CCCCOc1cc(/C=C(/OCC)C(=O)O)ccc1OCCc1ccc(OS(=O)(=O)CCCC)cc1. The van der Waals surface area contributed by atoms with Gasteiger partial charge in [-0.2, -0.15) is 8.42 Å². The van der Waals surface area contributed by atoms with Gasteiger partial charge in [0.25, 0.3) is 0 Å². The Labute approximate surface area is 214 Å². The number of hydrogen-bond acceptors (Lipinski definition) is 7. The van der Waals surface area contributed by atoms with Gasteiger partial charge in [-0.15, -0.1) is 0 Å². The molecule has 0 spiro atoms. The van der Waals surface area contributed by atoms with Crippen molar-refractivity contribution in [2.45, 2.75) is 52.9 Å². The molecule has 0 aliphatic rings. The molecule has 0 bridgehead atoms. The third-order valence-corrected chi connectivity index (χ3v) is 6.31. The average Bonchev–Trinajstić information content (AvgIpc) is 2.84. The van der Waals surface area contributed by atoms with Crippen molar-refractivity contribution in [2.75, 3.05) is 25.6 Å². The molecule has 0 saturated carbocycles. The number of carboxylic acid groups (broad SMARTS) is 1. The minimum absolute atomic E-state index is 0.000415. The van der Waals surface area contributed by atoms with Crippen molar-refractivity contribution in [1.82, 2.24) is 0 Å². The third-order valence-electron chi connectivity index (χ3n) is 5.07. The summed E-state index contributed by atoms with van der Waals surface area (Å²) in [6.07, 6.45) is 5.24. The van der Waals surface area contributed by atoms with Gasteiger partial charge >= 0.3 is 16.1 Å². The number of benzene rings is 2. The Kier molecular flexibility index (Phi) is 12.1. The predicted octanol–water partition coefficient (Wildman–Crippen LogP) is 5.46. The van der Waals surface area contributed by atoms with Crippen molar-refractivity contribution in [3.8, 4) is 17.2 Å². The highest BCUT2D eigenvalue weighted by Gasteiger charge is 2.13. The molecule has 0 amide bonds. The van der Waals surface area contributed by atoms with Gasteiger partial charge in [-0.3, -0.25) is 0 Å². The van der Waals surface area contributed by atoms with Gasteiger partial charge in [0.1, 0.15) is 5.75 Å². The fourth-order valence-electron chi connectivity index (χ4n) is 3.14. The molecule has 2 rings (SSSR count). The molecule has 0 atom stereocenters. The van der Waals surface area contributed by atoms with Crippen LogP contribution < -0.4 is 13.7 Å². The van der Waals surface area contributed by atoms with Crippen molar-refractivity contribution in [3.05, 3.63) is 59.4 Å². The molecular weight excluding hydrogens is 484 g/mol. The maximum absolute atomic E-state index is 12.0. The van der Waals surface area contributed by atoms with Crippen molar-refractivity contribution >= 4 is 22.2 Å². The Bertz CT molecular complexity index is 1090. The highest BCUT2D eigenvalue weighted by atomic mass is 32.2. The molecule has 0 aliphatic carbocycles. The van der Waals surface area contributed by atoms with Crippen LogP contribution in [0.3, 0.4) is 0 Å². The summed E-state index contributed by atoms with van der Waals surface area (Å²) in [4.78, 5) is 11.4. The van der Waals surface area contributed by atoms with Gasteiger partial charge in [-0.25, -0.2) is 4.79 Å². The topological polar surface area (TPSA) is 108 Å². The number of unbranched alkanes of at least 4 members (excludes halogenated alkanes) is 2. The fraction of sp³-hybridized carbons (Fsp3) is 0.444. The van der Waals surface area contributed by atoms with Crippen LogP contribution >= 0.6 is 0 Å². The monoisotopic (exact) mass is 520 g/mol. The van der Waals surface area contributed by atoms with E-state index in [0.29, 0.717) is 48.9 Å². The van der Waals surface area contributed by atoms with E-state index in [-0.39, 0.29) is 18.1 Å². The van der Waals surface area contributed by atoms with E-state index >= 15 is 0 Å². The van der Waals surface area contributed by atoms with Crippen LogP contribution in [0.25, 0.3) is 6.08 Å². The van der Waals surface area contributed by atoms with Gasteiger partial charge in [0.2, 0.25) is 5.76 Å². The second-order valence-electron chi connectivity index (χ2n) is 8.10. The standard InChI is InChI=1S/C27H36O8S/c1-4-7-16-33-25-19-22(20-26(27(28)29)32-6-3)11-14-24(25)34-17-15-21-9-12-23(13-10-21)35-36(30,31)18-8-5-2/h9-14,19-20H,4-8,15-18H2,1-3H3,(H,28,29)/b26-20+. The van der Waals surface area contributed by atoms with Crippen molar-refractivity contribution < 1.29 is 36.7 Å². The number of rotatable bonds is 17. The maximum atomic E-state index is 12.0. The zero-order valence-corrected chi connectivity index (χ0v) is 22.0. The van der Waals surface area contributed by atoms with E-state index in [2.05, 4.69) is 6.92 Å². The number of hydrogen-bond donors (Lipinski definition) is 1. The van der Waals surface area contributed by atoms with E-state index in [1.54, 1.807) is 37.3 Å². The first-order valence-electron chi connectivity index (χ1n) is 12.3. The van der Waals surface area contributed by atoms with Gasteiger partial charge in [0.05, 0.1) is 25.6 Å². The Hall–Kier alpha value is -3.20. The lowest BCUT2D eigenvalue weighted by molar-refractivity contribution is -0.136. The van der Waals surface area contributed by atoms with E-state index in [1.165, 1.54) is 6.08 Å². The minimum Gasteiger partial charge on any atom is -0.490 e. The molecule has 198 valence electrons. The summed E-state index contributed by atoms with van der Waals surface area (Å²) in [7, 11) is -3.58. The van der Waals surface area contributed by atoms with Crippen LogP contribution in [-0.2, 0) is 26.1 Å². The van der Waals surface area contributed by atoms with Crippen molar-refractivity contribution in [3.63, 3.8) is 0 Å². The molecule has 0 saturated heterocycles. The molecule has 1 N–H and O–H groups in total. The summed E-state index contributed by atoms with van der Waals surface area (Å²) in [5.41, 5.74) is 1.59. The molecule has 2 aromatic carbocycles. The molecule has 8 nitrogen and oxygen atoms in total. The van der Waals surface area contributed by atoms with Crippen LogP contribution in [0.1, 0.15) is 57.6 Å². The lowest BCUT2D eigenvalue weighted by atomic mass is 10.1. The summed E-state index contributed by atoms with van der Waals surface area (Å²) < 4.78 is 46.1. The molecular formula is C27H36O8S. The van der Waals surface area contributed by atoms with E-state index in [1.807, 2.05) is 19.1 Å². The van der Waals surface area contributed by atoms with Crippen molar-refractivity contribution in [2.24, 2.45) is 0 Å². The number of ether oxygens (including phenoxy) is 3. The summed E-state index contributed by atoms with van der Waals surface area (Å²) in [5, 5.41) is 9.31. The smallest absolute Gasteiger partial charge is 0.371 e. The molecule has 0 aromatic heterocycles. The van der Waals surface area contributed by atoms with Crippen molar-refractivity contribution in [1.29, 1.82) is 0 Å². The Morgan fingerprint density at radius 1 is 0.917 bits per heavy atom. The van der Waals surface area contributed by atoms with Crippen LogP contribution in [0, 0.1) is 0 Å². The first-order chi connectivity index (χ1) is 17.3. The molecule has 0 heterocycles. The van der Waals surface area contributed by atoms with Crippen LogP contribution in [0.2, 0.25) is 0 Å². The summed E-state index contributed by atoms with van der Waals surface area (Å²) >= 11 is 0. The highest BCUT2D eigenvalue weighted by Crippen LogP contribution is 2.30. The zero-order chi connectivity index (χ0) is 26.4. The van der Waals surface area contributed by atoms with Gasteiger partial charge in [-0.1, -0.05) is 44.9 Å². The van der Waals surface area contributed by atoms with Crippen LogP contribution in [-0.4, -0.2) is 45.1 Å². The first kappa shape index (κ1) is 29.0. The maximum Gasteiger partial charge on any atom is 0.371 e. The first-order valence-corrected chi connectivity index (χ1v) is 13.8. The van der Waals surface area contributed by atoms with E-state index in [4.69, 9.17) is 18.4 Å². The summed E-state index contributed by atoms with van der Waals surface area (Å²) in [6.45, 7) is 6.85. The Morgan fingerprint density at radius 2 is 1.61 bits per heavy atom. The van der Waals surface area contributed by atoms with Crippen LogP contribution in [0.5, 0.6) is 17.2 Å². The zero-order valence-electron chi connectivity index (χ0n) is 21.2. The van der Waals surface area contributed by atoms with Gasteiger partial charge in [0.15, 0.2) is 11.5 Å². The molecule has 2 aromatic rings. The Morgan fingerprint density at radius 3 is 2.25 bits per heavy atom. The normalized spacial score (nSPS) is 11.7. The Balaban J connectivity index is 2.05. The molecule has 36 heavy (non-hydrogen) atoms. The van der Waals surface area contributed by atoms with Crippen LogP contribution in [0.4, 0.5) is 0 Å². The highest BCUT2D eigenvalue weighted by molar-refractivity contribution is 7.87. The number of carboxylic acids is 1. The molecule has 0 radical (unpaired) electrons. The quantitative estimate of drug-likeness (QED) is 0.127. The molecule has 0 fully saturated rings. The second kappa shape index (κ2) is 15.0. The van der Waals surface area contributed by atoms with Crippen LogP contribution in [0.15, 0.2) is 48.2 Å². The largest absolute Gasteiger partial charge is 0.490 e. The number of aliphatic carboxylic acids is 1. The lowest BCUT2D eigenvalue weighted by Gasteiger charge is -2.14.